The number of amides is 1. The number of rotatable bonds is 3. The quantitative estimate of drug-likeness (QED) is 0.829. The highest BCUT2D eigenvalue weighted by molar-refractivity contribution is 5.95. The molecule has 0 heterocycles. The number of aliphatic hydroxyl groups is 1. The van der Waals surface area contributed by atoms with E-state index in [1.165, 1.54) is 6.42 Å². The zero-order valence-corrected chi connectivity index (χ0v) is 12.1. The van der Waals surface area contributed by atoms with Crippen LogP contribution in [-0.2, 0) is 0 Å². The number of hydrogen-bond acceptors (Lipinski definition) is 2. The first kappa shape index (κ1) is 14.6. The van der Waals surface area contributed by atoms with Gasteiger partial charge in [-0.3, -0.25) is 4.79 Å². The van der Waals surface area contributed by atoms with Crippen LogP contribution in [0.2, 0.25) is 0 Å². The van der Waals surface area contributed by atoms with Crippen LogP contribution in [0.25, 0.3) is 0 Å². The van der Waals surface area contributed by atoms with Gasteiger partial charge in [-0.2, -0.15) is 0 Å². The monoisotopic (exact) mass is 271 g/mol. The van der Waals surface area contributed by atoms with Gasteiger partial charge in [-0.1, -0.05) is 11.8 Å². The van der Waals surface area contributed by atoms with Crippen molar-refractivity contribution in [1.29, 1.82) is 0 Å². The topological polar surface area (TPSA) is 49.3 Å². The fourth-order valence-corrected chi connectivity index (χ4v) is 2.34. The van der Waals surface area contributed by atoms with Crippen molar-refractivity contribution < 1.29 is 9.90 Å². The number of aliphatic hydroxyl groups excluding tert-OH is 1. The molecule has 1 aromatic carbocycles. The molecule has 1 aliphatic rings. The van der Waals surface area contributed by atoms with Crippen LogP contribution in [0, 0.1) is 18.8 Å². The molecular weight excluding hydrogens is 250 g/mol. The van der Waals surface area contributed by atoms with Crippen LogP contribution in [0.15, 0.2) is 18.2 Å². The summed E-state index contributed by atoms with van der Waals surface area (Å²) in [7, 11) is 0. The molecule has 1 aromatic rings. The number of aryl methyl sites for hydroxylation is 1. The van der Waals surface area contributed by atoms with Crippen molar-refractivity contribution >= 4 is 5.91 Å². The molecule has 1 fully saturated rings. The number of hydrogen-bond donors (Lipinski definition) is 2. The maximum Gasteiger partial charge on any atom is 0.251 e. The highest BCUT2D eigenvalue weighted by Gasteiger charge is 2.33. The Morgan fingerprint density at radius 2 is 2.20 bits per heavy atom. The van der Waals surface area contributed by atoms with Gasteiger partial charge in [0, 0.05) is 23.1 Å². The molecule has 106 valence electrons. The van der Waals surface area contributed by atoms with E-state index in [1.807, 2.05) is 25.1 Å². The van der Waals surface area contributed by atoms with Crippen LogP contribution >= 0.6 is 0 Å². The summed E-state index contributed by atoms with van der Waals surface area (Å²) in [5, 5.41) is 11.8. The van der Waals surface area contributed by atoms with Crippen molar-refractivity contribution in [3.05, 3.63) is 34.9 Å². The Morgan fingerprint density at radius 3 is 2.75 bits per heavy atom. The molecule has 0 bridgehead atoms. The number of carbonyl (C=O) groups excluding carboxylic acids is 1. The summed E-state index contributed by atoms with van der Waals surface area (Å²) in [5.41, 5.74) is 2.56. The van der Waals surface area contributed by atoms with Crippen LogP contribution in [0.3, 0.4) is 0 Å². The molecule has 3 nitrogen and oxygen atoms in total. The second kappa shape index (κ2) is 6.11. The van der Waals surface area contributed by atoms with E-state index in [0.29, 0.717) is 12.0 Å². The van der Waals surface area contributed by atoms with E-state index in [1.54, 1.807) is 0 Å². The van der Waals surface area contributed by atoms with Gasteiger partial charge >= 0.3 is 0 Å². The zero-order valence-electron chi connectivity index (χ0n) is 12.1. The van der Waals surface area contributed by atoms with E-state index in [2.05, 4.69) is 24.1 Å². The summed E-state index contributed by atoms with van der Waals surface area (Å²) in [5.74, 6) is 5.90. The molecule has 0 unspecified atom stereocenters. The SMILES string of the molecule is Cc1cc(C(=O)NC2(C)CCC2)ccc1C#CCCO. The molecule has 3 heteroatoms. The lowest BCUT2D eigenvalue weighted by atomic mass is 9.78. The highest BCUT2D eigenvalue weighted by atomic mass is 16.2. The van der Waals surface area contributed by atoms with Gasteiger partial charge in [0.1, 0.15) is 0 Å². The minimum absolute atomic E-state index is 0.00910. The first-order valence-corrected chi connectivity index (χ1v) is 7.07. The summed E-state index contributed by atoms with van der Waals surface area (Å²) in [6.07, 6.45) is 3.78. The van der Waals surface area contributed by atoms with E-state index in [-0.39, 0.29) is 18.1 Å². The first-order chi connectivity index (χ1) is 9.54. The maximum atomic E-state index is 12.2. The molecular formula is C17H21NO2. The van der Waals surface area contributed by atoms with Crippen molar-refractivity contribution in [2.24, 2.45) is 0 Å². The van der Waals surface area contributed by atoms with Gasteiger partial charge in [-0.05, 0) is 56.9 Å². The van der Waals surface area contributed by atoms with Crippen LogP contribution in [0.5, 0.6) is 0 Å². The smallest absolute Gasteiger partial charge is 0.251 e. The Hall–Kier alpha value is -1.79. The summed E-state index contributed by atoms with van der Waals surface area (Å²) < 4.78 is 0. The second-order valence-corrected chi connectivity index (χ2v) is 5.67. The fraction of sp³-hybridized carbons (Fsp3) is 0.471. The predicted molar refractivity (Wildman–Crippen MR) is 79.5 cm³/mol. The van der Waals surface area contributed by atoms with E-state index in [9.17, 15) is 4.79 Å². The van der Waals surface area contributed by atoms with Gasteiger partial charge in [0.2, 0.25) is 0 Å². The number of nitrogens with one attached hydrogen (secondary N) is 1. The maximum absolute atomic E-state index is 12.2. The minimum Gasteiger partial charge on any atom is -0.395 e. The molecule has 1 aliphatic carbocycles. The predicted octanol–water partition coefficient (Wildman–Crippen LogP) is 2.40. The normalized spacial score (nSPS) is 15.8. The lowest BCUT2D eigenvalue weighted by Gasteiger charge is -2.39. The summed E-state index contributed by atoms with van der Waals surface area (Å²) >= 11 is 0. The average molecular weight is 271 g/mol. The number of carbonyl (C=O) groups is 1. The summed E-state index contributed by atoms with van der Waals surface area (Å²) in [4.78, 5) is 12.2. The van der Waals surface area contributed by atoms with E-state index in [0.717, 1.165) is 24.0 Å². The Balaban J connectivity index is 2.08. The lowest BCUT2D eigenvalue weighted by Crippen LogP contribution is -2.50. The lowest BCUT2D eigenvalue weighted by molar-refractivity contribution is 0.0850. The average Bonchev–Trinajstić information content (AvgIpc) is 2.39. The molecule has 1 saturated carbocycles. The molecule has 20 heavy (non-hydrogen) atoms. The molecule has 0 saturated heterocycles. The molecule has 0 aromatic heterocycles. The Morgan fingerprint density at radius 1 is 1.45 bits per heavy atom. The fourth-order valence-electron chi connectivity index (χ4n) is 2.34. The highest BCUT2D eigenvalue weighted by Crippen LogP contribution is 2.31. The summed E-state index contributed by atoms with van der Waals surface area (Å²) in [6.45, 7) is 4.12. The van der Waals surface area contributed by atoms with Crippen LogP contribution < -0.4 is 5.32 Å². The number of benzene rings is 1. The molecule has 0 atom stereocenters. The molecule has 0 aliphatic heterocycles. The van der Waals surface area contributed by atoms with E-state index < -0.39 is 0 Å². The van der Waals surface area contributed by atoms with E-state index in [4.69, 9.17) is 5.11 Å². The van der Waals surface area contributed by atoms with Crippen LogP contribution in [0.1, 0.15) is 54.1 Å². The first-order valence-electron chi connectivity index (χ1n) is 7.07. The standard InChI is InChI=1S/C17H21NO2/c1-13-12-15(8-7-14(13)6-3-4-11-19)16(20)18-17(2)9-5-10-17/h7-8,12,19H,4-5,9-11H2,1-2H3,(H,18,20). The van der Waals surface area contributed by atoms with Gasteiger partial charge < -0.3 is 10.4 Å². The Kier molecular flexibility index (Phi) is 4.46. The van der Waals surface area contributed by atoms with Crippen molar-refractivity contribution in [3.63, 3.8) is 0 Å². The zero-order chi connectivity index (χ0) is 14.6. The Bertz CT molecular complexity index is 562. The minimum atomic E-state index is -0.0232. The summed E-state index contributed by atoms with van der Waals surface area (Å²) in [6, 6.07) is 5.56. The van der Waals surface area contributed by atoms with Crippen LogP contribution in [0.4, 0.5) is 0 Å². The van der Waals surface area contributed by atoms with Gasteiger partial charge in [0.25, 0.3) is 5.91 Å². The molecule has 2 rings (SSSR count). The van der Waals surface area contributed by atoms with Gasteiger partial charge in [0.15, 0.2) is 0 Å². The molecule has 0 radical (unpaired) electrons. The van der Waals surface area contributed by atoms with Crippen molar-refractivity contribution in [2.45, 2.75) is 45.1 Å². The third kappa shape index (κ3) is 3.40. The largest absolute Gasteiger partial charge is 0.395 e. The van der Waals surface area contributed by atoms with Gasteiger partial charge in [-0.15, -0.1) is 0 Å². The molecule has 1 amide bonds. The third-order valence-corrected chi connectivity index (χ3v) is 3.82. The van der Waals surface area contributed by atoms with Gasteiger partial charge in [-0.25, -0.2) is 0 Å². The van der Waals surface area contributed by atoms with Crippen molar-refractivity contribution in [3.8, 4) is 11.8 Å². The molecule has 0 spiro atoms. The van der Waals surface area contributed by atoms with Gasteiger partial charge in [0.05, 0.1) is 6.61 Å². The Labute approximate surface area is 120 Å². The van der Waals surface area contributed by atoms with Crippen molar-refractivity contribution in [2.75, 3.05) is 6.61 Å². The molecule has 2 N–H and O–H groups in total. The van der Waals surface area contributed by atoms with Crippen molar-refractivity contribution in [1.82, 2.24) is 5.32 Å². The van der Waals surface area contributed by atoms with Crippen LogP contribution in [-0.4, -0.2) is 23.2 Å². The van der Waals surface area contributed by atoms with E-state index >= 15 is 0 Å². The second-order valence-electron chi connectivity index (χ2n) is 5.67. The third-order valence-electron chi connectivity index (χ3n) is 3.82.